The molecule has 2 rings (SSSR count). The van der Waals surface area contributed by atoms with E-state index in [-0.39, 0.29) is 11.6 Å². The first kappa shape index (κ1) is 17.8. The minimum atomic E-state index is -4.56. The number of hydrogen-bond donors (Lipinski definition) is 3. The van der Waals surface area contributed by atoms with Gasteiger partial charge in [-0.1, -0.05) is 18.9 Å². The summed E-state index contributed by atoms with van der Waals surface area (Å²) < 4.78 is 37.8. The Bertz CT molecular complexity index is 600. The molecule has 1 aromatic heterocycles. The number of rotatable bonds is 7. The van der Waals surface area contributed by atoms with Crippen LogP contribution in [-0.2, 0) is 6.18 Å². The number of hydrazine groups is 1. The lowest BCUT2D eigenvalue weighted by Gasteiger charge is -2.16. The molecule has 1 heterocycles. The molecular formula is C14H18F3N5O2. The van der Waals surface area contributed by atoms with E-state index in [0.717, 1.165) is 37.9 Å². The van der Waals surface area contributed by atoms with Crippen LogP contribution in [0.2, 0.25) is 0 Å². The Balaban J connectivity index is 1.95. The molecule has 24 heavy (non-hydrogen) atoms. The van der Waals surface area contributed by atoms with Crippen molar-refractivity contribution in [2.75, 3.05) is 12.0 Å². The molecule has 1 aliphatic rings. The third-order valence-electron chi connectivity index (χ3n) is 3.66. The Morgan fingerprint density at radius 3 is 2.71 bits per heavy atom. The van der Waals surface area contributed by atoms with E-state index in [1.54, 1.807) is 0 Å². The van der Waals surface area contributed by atoms with Crippen molar-refractivity contribution in [2.24, 2.45) is 5.92 Å². The van der Waals surface area contributed by atoms with Gasteiger partial charge >= 0.3 is 6.18 Å². The second-order valence-corrected chi connectivity index (χ2v) is 5.52. The molecule has 132 valence electrons. The summed E-state index contributed by atoms with van der Waals surface area (Å²) in [6.45, 7) is 0.560. The lowest BCUT2D eigenvalue weighted by atomic mass is 10.1. The average molecular weight is 345 g/mol. The van der Waals surface area contributed by atoms with Crippen LogP contribution in [-0.4, -0.2) is 16.5 Å². The number of anilines is 1. The van der Waals surface area contributed by atoms with E-state index in [2.05, 4.69) is 21.2 Å². The van der Waals surface area contributed by atoms with Crippen LogP contribution in [0.1, 0.15) is 31.4 Å². The molecule has 0 atom stereocenters. The molecule has 10 heteroatoms. The van der Waals surface area contributed by atoms with E-state index >= 15 is 0 Å². The summed E-state index contributed by atoms with van der Waals surface area (Å²) in [4.78, 5) is 13.4. The van der Waals surface area contributed by atoms with Gasteiger partial charge in [0.15, 0.2) is 5.82 Å². The number of halogens is 3. The van der Waals surface area contributed by atoms with E-state index in [0.29, 0.717) is 12.5 Å². The number of nitro groups is 1. The van der Waals surface area contributed by atoms with E-state index in [1.165, 1.54) is 12.1 Å². The Labute approximate surface area is 136 Å². The third kappa shape index (κ3) is 5.60. The molecule has 0 unspecified atom stereocenters. The predicted molar refractivity (Wildman–Crippen MR) is 81.0 cm³/mol. The number of nitrogens with one attached hydrogen (secondary N) is 3. The van der Waals surface area contributed by atoms with Gasteiger partial charge in [0.25, 0.3) is 6.20 Å². The van der Waals surface area contributed by atoms with Crippen LogP contribution in [0.4, 0.5) is 19.0 Å². The molecule has 0 radical (unpaired) electrons. The van der Waals surface area contributed by atoms with Crippen molar-refractivity contribution in [3.8, 4) is 0 Å². The summed E-state index contributed by atoms with van der Waals surface area (Å²) in [6, 6.07) is 3.36. The fourth-order valence-electron chi connectivity index (χ4n) is 2.49. The lowest BCUT2D eigenvalue weighted by molar-refractivity contribution is -0.404. The lowest BCUT2D eigenvalue weighted by Crippen LogP contribution is -2.34. The fraction of sp³-hybridized carbons (Fsp3) is 0.500. The van der Waals surface area contributed by atoms with Gasteiger partial charge in [-0.3, -0.25) is 21.0 Å². The minimum absolute atomic E-state index is 0.0612. The molecular weight excluding hydrogens is 327 g/mol. The van der Waals surface area contributed by atoms with E-state index in [4.69, 9.17) is 0 Å². The highest BCUT2D eigenvalue weighted by atomic mass is 19.4. The van der Waals surface area contributed by atoms with Crippen LogP contribution in [0.15, 0.2) is 30.2 Å². The Morgan fingerprint density at radius 1 is 1.38 bits per heavy atom. The third-order valence-corrected chi connectivity index (χ3v) is 3.66. The highest BCUT2D eigenvalue weighted by Gasteiger charge is 2.32. The van der Waals surface area contributed by atoms with E-state index < -0.39 is 16.8 Å². The van der Waals surface area contributed by atoms with Crippen molar-refractivity contribution in [3.05, 3.63) is 46.0 Å². The number of nitrogens with zero attached hydrogens (tertiary/aromatic N) is 2. The maximum absolute atomic E-state index is 12.6. The molecule has 1 aliphatic carbocycles. The van der Waals surface area contributed by atoms with Crippen LogP contribution in [0.25, 0.3) is 0 Å². The second kappa shape index (κ2) is 7.84. The summed E-state index contributed by atoms with van der Waals surface area (Å²) in [6.07, 6.45) is 0.553. The van der Waals surface area contributed by atoms with Gasteiger partial charge in [-0.15, -0.1) is 0 Å². The van der Waals surface area contributed by atoms with Crippen LogP contribution >= 0.6 is 0 Å². The van der Waals surface area contributed by atoms with E-state index in [9.17, 15) is 23.3 Å². The van der Waals surface area contributed by atoms with Gasteiger partial charge < -0.3 is 5.32 Å². The topological polar surface area (TPSA) is 92.1 Å². The molecule has 0 amide bonds. The van der Waals surface area contributed by atoms with Crippen molar-refractivity contribution >= 4 is 5.82 Å². The van der Waals surface area contributed by atoms with Crippen LogP contribution in [0.5, 0.6) is 0 Å². The molecule has 0 saturated heterocycles. The molecule has 1 saturated carbocycles. The quantitative estimate of drug-likeness (QED) is 0.520. The Kier molecular flexibility index (Phi) is 5.83. The van der Waals surface area contributed by atoms with Gasteiger partial charge in [0, 0.05) is 6.54 Å². The first-order valence-corrected chi connectivity index (χ1v) is 7.50. The number of pyridine rings is 1. The van der Waals surface area contributed by atoms with Crippen molar-refractivity contribution in [3.63, 3.8) is 0 Å². The summed E-state index contributed by atoms with van der Waals surface area (Å²) in [5.41, 5.74) is 3.89. The van der Waals surface area contributed by atoms with Gasteiger partial charge in [-0.05, 0) is 30.9 Å². The molecule has 7 nitrogen and oxygen atoms in total. The highest BCUT2D eigenvalue weighted by molar-refractivity contribution is 5.35. The first-order chi connectivity index (χ1) is 11.3. The van der Waals surface area contributed by atoms with Crippen molar-refractivity contribution < 1.29 is 18.1 Å². The molecule has 3 N–H and O–H groups in total. The SMILES string of the molecule is O=[N+]([O-])/C=C(/NCC1CCCC1)NNc1cccc(C(F)(F)F)n1. The molecule has 0 aliphatic heterocycles. The predicted octanol–water partition coefficient (Wildman–Crippen LogP) is 2.87. The van der Waals surface area contributed by atoms with Gasteiger partial charge in [-0.2, -0.15) is 13.2 Å². The average Bonchev–Trinajstić information content (AvgIpc) is 3.02. The van der Waals surface area contributed by atoms with Gasteiger partial charge in [0.2, 0.25) is 0 Å². The standard InChI is InChI=1S/C14H18F3N5O2/c15-14(16,17)11-6-3-7-12(19-11)20-21-13(9-22(23)24)18-8-10-4-1-2-5-10/h3,6-7,9-10,18,21H,1-2,4-5,8H2,(H,19,20)/b13-9-. The second-order valence-electron chi connectivity index (χ2n) is 5.52. The Morgan fingerprint density at radius 2 is 2.08 bits per heavy atom. The van der Waals surface area contributed by atoms with Crippen LogP contribution in [0, 0.1) is 16.0 Å². The summed E-state index contributed by atoms with van der Waals surface area (Å²) in [5, 5.41) is 13.6. The maximum Gasteiger partial charge on any atom is 0.433 e. The first-order valence-electron chi connectivity index (χ1n) is 7.50. The van der Waals surface area contributed by atoms with Gasteiger partial charge in [-0.25, -0.2) is 4.98 Å². The molecule has 0 spiro atoms. The Hall–Kier alpha value is -2.52. The van der Waals surface area contributed by atoms with Gasteiger partial charge in [0.1, 0.15) is 11.5 Å². The van der Waals surface area contributed by atoms with Crippen molar-refractivity contribution in [2.45, 2.75) is 31.9 Å². The minimum Gasteiger partial charge on any atom is -0.365 e. The number of aromatic nitrogens is 1. The molecule has 0 bridgehead atoms. The van der Waals surface area contributed by atoms with E-state index in [1.807, 2.05) is 0 Å². The largest absolute Gasteiger partial charge is 0.433 e. The summed E-state index contributed by atoms with van der Waals surface area (Å²) in [7, 11) is 0. The van der Waals surface area contributed by atoms with Gasteiger partial charge in [0.05, 0.1) is 4.92 Å². The number of alkyl halides is 3. The zero-order valence-electron chi connectivity index (χ0n) is 12.8. The van der Waals surface area contributed by atoms with Crippen LogP contribution < -0.4 is 16.2 Å². The highest BCUT2D eigenvalue weighted by Crippen LogP contribution is 2.28. The van der Waals surface area contributed by atoms with Crippen molar-refractivity contribution in [1.82, 2.24) is 15.7 Å². The zero-order valence-corrected chi connectivity index (χ0v) is 12.8. The normalized spacial score (nSPS) is 16.0. The molecule has 0 aromatic carbocycles. The summed E-state index contributed by atoms with van der Waals surface area (Å²) in [5.74, 6) is 0.404. The number of hydrogen-bond acceptors (Lipinski definition) is 6. The fourth-order valence-corrected chi connectivity index (χ4v) is 2.49. The molecule has 1 fully saturated rings. The maximum atomic E-state index is 12.6. The molecule has 1 aromatic rings. The summed E-state index contributed by atoms with van der Waals surface area (Å²) >= 11 is 0. The monoisotopic (exact) mass is 345 g/mol. The zero-order chi connectivity index (χ0) is 17.6. The van der Waals surface area contributed by atoms with Crippen molar-refractivity contribution in [1.29, 1.82) is 0 Å². The van der Waals surface area contributed by atoms with Crippen LogP contribution in [0.3, 0.4) is 0 Å². The smallest absolute Gasteiger partial charge is 0.365 e.